The van der Waals surface area contributed by atoms with E-state index in [9.17, 15) is 9.59 Å². The van der Waals surface area contributed by atoms with Crippen LogP contribution >= 0.6 is 0 Å². The maximum absolute atomic E-state index is 13.6. The highest BCUT2D eigenvalue weighted by molar-refractivity contribution is 6.92. The molecule has 0 aliphatic carbocycles. The summed E-state index contributed by atoms with van der Waals surface area (Å²) < 4.78 is 10.8. The average molecular weight is 461 g/mol. The molecule has 0 spiro atoms. The Kier molecular flexibility index (Phi) is 8.69. The Labute approximate surface area is 197 Å². The standard InChI is InChI=1S/C26H45BO4Si/c1-10-15-17-25-19(12-3)22(27(13-4)14-5)26(18-16-11-2,32(25,8)9)21(24(29)31-7)20(25)23(28)30-6/h10-18H2,1-9H3/t25-,26-/m1/s1. The van der Waals surface area contributed by atoms with E-state index in [0.29, 0.717) is 17.9 Å². The lowest BCUT2D eigenvalue weighted by atomic mass is 9.35. The van der Waals surface area contributed by atoms with Gasteiger partial charge in [0.2, 0.25) is 0 Å². The van der Waals surface area contributed by atoms with Gasteiger partial charge in [0.05, 0.1) is 33.4 Å². The number of unbranched alkanes of at least 4 members (excludes halogenated alkanes) is 2. The fourth-order valence-corrected chi connectivity index (χ4v) is 13.6. The van der Waals surface area contributed by atoms with Crippen molar-refractivity contribution < 1.29 is 19.1 Å². The van der Waals surface area contributed by atoms with Crippen molar-refractivity contribution in [3.05, 3.63) is 22.2 Å². The molecule has 0 aromatic rings. The zero-order valence-electron chi connectivity index (χ0n) is 22.1. The van der Waals surface area contributed by atoms with Crippen molar-refractivity contribution >= 4 is 26.7 Å². The van der Waals surface area contributed by atoms with E-state index in [1.807, 2.05) is 0 Å². The van der Waals surface area contributed by atoms with E-state index in [4.69, 9.17) is 9.47 Å². The largest absolute Gasteiger partial charge is 0.466 e. The average Bonchev–Trinajstić information content (AvgIpc) is 3.07. The first kappa shape index (κ1) is 27.0. The van der Waals surface area contributed by atoms with Gasteiger partial charge in [-0.3, -0.25) is 0 Å². The fraction of sp³-hybridized carbons (Fsp3) is 0.769. The van der Waals surface area contributed by atoms with Crippen LogP contribution in [0.1, 0.15) is 79.6 Å². The quantitative estimate of drug-likeness (QED) is 0.232. The number of hydrogen-bond donors (Lipinski definition) is 0. The van der Waals surface area contributed by atoms with Crippen molar-refractivity contribution in [3.8, 4) is 0 Å². The molecule has 2 aliphatic rings. The molecule has 0 fully saturated rings. The van der Waals surface area contributed by atoms with E-state index < -0.39 is 8.07 Å². The minimum absolute atomic E-state index is 0.320. The van der Waals surface area contributed by atoms with Gasteiger partial charge in [0.15, 0.2) is 6.71 Å². The highest BCUT2D eigenvalue weighted by Crippen LogP contribution is 2.82. The monoisotopic (exact) mass is 460 g/mol. The van der Waals surface area contributed by atoms with Crippen LogP contribution in [0.3, 0.4) is 0 Å². The second-order valence-corrected chi connectivity index (χ2v) is 15.1. The molecule has 2 bridgehead atoms. The molecule has 0 unspecified atom stereocenters. The Morgan fingerprint density at radius 3 is 1.62 bits per heavy atom. The summed E-state index contributed by atoms with van der Waals surface area (Å²) in [6.07, 6.45) is 9.09. The van der Waals surface area contributed by atoms with Crippen molar-refractivity contribution in [2.24, 2.45) is 0 Å². The molecular formula is C26H45BO4Si. The van der Waals surface area contributed by atoms with Crippen molar-refractivity contribution in [1.82, 2.24) is 0 Å². The lowest BCUT2D eigenvalue weighted by Crippen LogP contribution is -2.48. The number of hydrogen-bond acceptors (Lipinski definition) is 4. The van der Waals surface area contributed by atoms with Crippen molar-refractivity contribution in [2.45, 2.75) is 115 Å². The van der Waals surface area contributed by atoms with Crippen molar-refractivity contribution in [3.63, 3.8) is 0 Å². The fourth-order valence-electron chi connectivity index (χ4n) is 7.49. The number of esters is 2. The first-order chi connectivity index (χ1) is 15.2. The summed E-state index contributed by atoms with van der Waals surface area (Å²) in [5.74, 6) is -0.644. The molecule has 0 amide bonds. The summed E-state index contributed by atoms with van der Waals surface area (Å²) in [4.78, 5) is 27.1. The van der Waals surface area contributed by atoms with Crippen LogP contribution < -0.4 is 0 Å². The minimum Gasteiger partial charge on any atom is -0.466 e. The molecule has 2 rings (SSSR count). The summed E-state index contributed by atoms with van der Waals surface area (Å²) >= 11 is 0. The lowest BCUT2D eigenvalue weighted by Gasteiger charge is -2.46. The SMILES string of the molecule is CCCC[C@]12C(B(CC)CC)=C(CC)[C@](CCCC)(C(C(=O)OC)=C1C(=O)OC)[Si]2(C)C. The molecule has 2 heterocycles. The second-order valence-electron chi connectivity index (χ2n) is 10.1. The molecule has 0 aromatic carbocycles. The third kappa shape index (κ3) is 3.38. The van der Waals surface area contributed by atoms with E-state index >= 15 is 0 Å². The second kappa shape index (κ2) is 10.3. The first-order valence-corrected chi connectivity index (χ1v) is 15.8. The number of methoxy groups -OCH3 is 2. The molecule has 2 atom stereocenters. The lowest BCUT2D eigenvalue weighted by molar-refractivity contribution is -0.139. The van der Waals surface area contributed by atoms with Crippen LogP contribution in [0.2, 0.25) is 35.8 Å². The molecule has 6 heteroatoms. The van der Waals surface area contributed by atoms with Crippen molar-refractivity contribution in [2.75, 3.05) is 14.2 Å². The Bertz CT molecular complexity index is 796. The third-order valence-corrected chi connectivity index (χ3v) is 14.7. The van der Waals surface area contributed by atoms with Crippen LogP contribution in [0.15, 0.2) is 22.2 Å². The van der Waals surface area contributed by atoms with E-state index in [-0.39, 0.29) is 22.0 Å². The van der Waals surface area contributed by atoms with Gasteiger partial charge < -0.3 is 9.47 Å². The van der Waals surface area contributed by atoms with Gasteiger partial charge in [-0.05, 0) is 19.3 Å². The molecule has 0 aromatic heterocycles. The number of carbonyl (C=O) groups is 2. The molecule has 0 saturated carbocycles. The maximum atomic E-state index is 13.6. The van der Waals surface area contributed by atoms with E-state index in [1.165, 1.54) is 25.3 Å². The highest BCUT2D eigenvalue weighted by Gasteiger charge is 2.76. The topological polar surface area (TPSA) is 52.6 Å². The highest BCUT2D eigenvalue weighted by atomic mass is 28.3. The molecule has 180 valence electrons. The predicted octanol–water partition coefficient (Wildman–Crippen LogP) is 7.01. The summed E-state index contributed by atoms with van der Waals surface area (Å²) in [5, 5.41) is -0.699. The van der Waals surface area contributed by atoms with Gasteiger partial charge in [-0.2, -0.15) is 0 Å². The summed E-state index contributed by atoms with van der Waals surface area (Å²) in [6, 6.07) is 0. The van der Waals surface area contributed by atoms with Crippen molar-refractivity contribution in [1.29, 1.82) is 0 Å². The Hall–Kier alpha value is -1.30. The van der Waals surface area contributed by atoms with Gasteiger partial charge in [0, 0.05) is 10.1 Å². The molecule has 2 aliphatic heterocycles. The molecule has 0 saturated heterocycles. The smallest absolute Gasteiger partial charge is 0.334 e. The van der Waals surface area contributed by atoms with Gasteiger partial charge in [-0.15, -0.1) is 0 Å². The van der Waals surface area contributed by atoms with Crippen LogP contribution in [0.4, 0.5) is 0 Å². The predicted molar refractivity (Wildman–Crippen MR) is 137 cm³/mol. The molecular weight excluding hydrogens is 415 g/mol. The van der Waals surface area contributed by atoms with Gasteiger partial charge in [0.25, 0.3) is 0 Å². The van der Waals surface area contributed by atoms with Crippen LogP contribution in [-0.2, 0) is 19.1 Å². The van der Waals surface area contributed by atoms with Crippen LogP contribution in [-0.4, -0.2) is 40.9 Å². The third-order valence-electron chi connectivity index (χ3n) is 8.87. The van der Waals surface area contributed by atoms with Gasteiger partial charge in [-0.1, -0.05) is 97.1 Å². The summed E-state index contributed by atoms with van der Waals surface area (Å²) in [7, 11) is 0.622. The summed E-state index contributed by atoms with van der Waals surface area (Å²) in [5.41, 5.74) is 4.27. The molecule has 32 heavy (non-hydrogen) atoms. The van der Waals surface area contributed by atoms with E-state index in [0.717, 1.165) is 57.6 Å². The number of allylic oxidation sites excluding steroid dienone is 2. The number of rotatable bonds is 12. The number of fused-ring (bicyclic) bond motifs is 2. The number of carbonyl (C=O) groups excluding carboxylic acids is 2. The minimum atomic E-state index is -2.29. The molecule has 0 radical (unpaired) electrons. The van der Waals surface area contributed by atoms with Crippen LogP contribution in [0.5, 0.6) is 0 Å². The van der Waals surface area contributed by atoms with Gasteiger partial charge in [0.1, 0.15) is 0 Å². The zero-order valence-corrected chi connectivity index (χ0v) is 23.1. The Balaban J connectivity index is 3.12. The Morgan fingerprint density at radius 1 is 0.812 bits per heavy atom. The molecule has 0 N–H and O–H groups in total. The molecule has 4 nitrogen and oxygen atoms in total. The maximum Gasteiger partial charge on any atom is 0.334 e. The Morgan fingerprint density at radius 2 is 1.25 bits per heavy atom. The van der Waals surface area contributed by atoms with Gasteiger partial charge >= 0.3 is 11.9 Å². The first-order valence-electron chi connectivity index (χ1n) is 12.8. The normalized spacial score (nSPS) is 26.0. The zero-order chi connectivity index (χ0) is 24.3. The summed E-state index contributed by atoms with van der Waals surface area (Å²) in [6.45, 7) is 16.5. The van der Waals surface area contributed by atoms with Gasteiger partial charge in [-0.25, -0.2) is 9.59 Å². The van der Waals surface area contributed by atoms with E-state index in [1.54, 1.807) is 0 Å². The van der Waals surface area contributed by atoms with E-state index in [2.05, 4.69) is 47.7 Å². The number of ether oxygens (including phenoxy) is 2. The van der Waals surface area contributed by atoms with Crippen LogP contribution in [0.25, 0.3) is 0 Å². The van der Waals surface area contributed by atoms with Crippen LogP contribution in [0, 0.1) is 0 Å².